The van der Waals surface area contributed by atoms with Crippen LogP contribution in [0, 0.1) is 0 Å². The van der Waals surface area contributed by atoms with Gasteiger partial charge in [0.1, 0.15) is 22.3 Å². The number of thiazole rings is 1. The van der Waals surface area contributed by atoms with Gasteiger partial charge in [0.2, 0.25) is 5.89 Å². The Bertz CT molecular complexity index is 2970. The summed E-state index contributed by atoms with van der Waals surface area (Å²) in [4.78, 5) is 36.2. The number of H-pyrrole nitrogens is 1. The van der Waals surface area contributed by atoms with E-state index in [1.54, 1.807) is 37.4 Å². The first-order valence-corrected chi connectivity index (χ1v) is 22.6. The number of oxazole rings is 1. The summed E-state index contributed by atoms with van der Waals surface area (Å²) in [6.45, 7) is 8.62. The Morgan fingerprint density at radius 3 is 2.23 bits per heavy atom. The monoisotopic (exact) mass is 940 g/mol. The van der Waals surface area contributed by atoms with Crippen LogP contribution in [-0.4, -0.2) is 54.9 Å². The van der Waals surface area contributed by atoms with Crippen LogP contribution in [0.1, 0.15) is 67.3 Å². The minimum absolute atomic E-state index is 0.103. The van der Waals surface area contributed by atoms with E-state index in [1.165, 1.54) is 17.0 Å². The number of hydrogen-bond acceptors (Lipinski definition) is 8. The van der Waals surface area contributed by atoms with Crippen LogP contribution in [0.2, 0.25) is 5.02 Å². The predicted molar refractivity (Wildman–Crippen MR) is 250 cm³/mol. The minimum Gasteiger partial charge on any atom is -0.493 e. The van der Waals surface area contributed by atoms with Crippen molar-refractivity contribution in [1.82, 2.24) is 19.5 Å². The average molecular weight is 941 g/mol. The van der Waals surface area contributed by atoms with E-state index in [-0.39, 0.29) is 12.3 Å². The smallest absolute Gasteiger partial charge is 0.416 e. The lowest BCUT2D eigenvalue weighted by Crippen LogP contribution is -2.28. The molecule has 344 valence electrons. The molecule has 4 aromatic carbocycles. The van der Waals surface area contributed by atoms with Crippen LogP contribution < -0.4 is 9.47 Å². The van der Waals surface area contributed by atoms with Crippen LogP contribution in [-0.2, 0) is 53.4 Å². The number of aromatic amines is 1. The third-order valence-corrected chi connectivity index (χ3v) is 12.8. The zero-order chi connectivity index (χ0) is 47.2. The van der Waals surface area contributed by atoms with Crippen molar-refractivity contribution < 1.29 is 46.9 Å². The van der Waals surface area contributed by atoms with Gasteiger partial charge in [-0.3, -0.25) is 9.59 Å². The minimum atomic E-state index is -4.40. The summed E-state index contributed by atoms with van der Waals surface area (Å²) in [5.74, 6) is 0.571. The van der Waals surface area contributed by atoms with Crippen molar-refractivity contribution in [3.05, 3.63) is 142 Å². The topological polar surface area (TPSA) is 153 Å². The van der Waals surface area contributed by atoms with Crippen LogP contribution in [0.15, 0.2) is 108 Å². The molecule has 0 bridgehead atoms. The van der Waals surface area contributed by atoms with Crippen LogP contribution in [0.3, 0.4) is 0 Å². The van der Waals surface area contributed by atoms with Crippen molar-refractivity contribution >= 4 is 56.7 Å². The molecule has 0 atom stereocenters. The lowest BCUT2D eigenvalue weighted by molar-refractivity contribution is -0.142. The number of rotatable bonds is 17. The summed E-state index contributed by atoms with van der Waals surface area (Å²) in [6.07, 6.45) is 1.98. The largest absolute Gasteiger partial charge is 0.493 e. The number of ether oxygens (including phenoxy) is 2. The number of alkyl halides is 3. The lowest BCUT2D eigenvalue weighted by Gasteiger charge is -2.18. The number of aromatic nitrogens is 4. The van der Waals surface area contributed by atoms with Crippen molar-refractivity contribution in [2.75, 3.05) is 13.2 Å². The highest BCUT2D eigenvalue weighted by molar-refractivity contribution is 7.15. The van der Waals surface area contributed by atoms with E-state index in [0.717, 1.165) is 68.8 Å². The first-order chi connectivity index (χ1) is 31.5. The standard InChI is InChI=1S/C26H25F3N2O4.C24H23ClN2O3S/c1-4-22-21(31-23(35-22)15-5-7-16(8-6-15)26(27,28)29)11-12-34-17-9-10-20-18(13-17)19(14-30-20)25(2,3)24(32)33;1-2-22-20(26-24(31-22)18-5-3-4-6-19(18)25)11-14-30-17-7-8-21-16(15-17)9-12-27(21)13-10-23(28)29/h5-10,13-14,30H,4,11-12H2,1-3H3,(H,32,33);3-9,12,15H,2,10-11,13-14H2,1H3,(H,28,29). The quantitative estimate of drug-likeness (QED) is 0.0810. The number of halogens is 4. The predicted octanol–water partition coefficient (Wildman–Crippen LogP) is 12.5. The molecule has 0 unspecified atom stereocenters. The molecule has 0 saturated carbocycles. The van der Waals surface area contributed by atoms with Gasteiger partial charge < -0.3 is 33.7 Å². The first kappa shape index (κ1) is 47.4. The third kappa shape index (κ3) is 10.9. The molecule has 0 amide bonds. The van der Waals surface area contributed by atoms with Gasteiger partial charge >= 0.3 is 18.1 Å². The molecule has 0 radical (unpaired) electrons. The number of nitrogens with one attached hydrogen (secondary N) is 1. The van der Waals surface area contributed by atoms with Crippen LogP contribution in [0.4, 0.5) is 13.2 Å². The number of hydrogen-bond donors (Lipinski definition) is 3. The number of carbonyl (C=O) groups is 2. The second kappa shape index (κ2) is 20.3. The molecular formula is C50H48ClF3N4O7S. The van der Waals surface area contributed by atoms with Gasteiger partial charge in [-0.15, -0.1) is 11.3 Å². The maximum absolute atomic E-state index is 12.8. The Morgan fingerprint density at radius 2 is 1.56 bits per heavy atom. The Morgan fingerprint density at radius 1 is 0.864 bits per heavy atom. The highest BCUT2D eigenvalue weighted by atomic mass is 35.5. The van der Waals surface area contributed by atoms with Crippen molar-refractivity contribution in [1.29, 1.82) is 0 Å². The zero-order valence-electron chi connectivity index (χ0n) is 36.7. The van der Waals surface area contributed by atoms with E-state index in [9.17, 15) is 27.9 Å². The first-order valence-electron chi connectivity index (χ1n) is 21.4. The van der Waals surface area contributed by atoms with E-state index < -0.39 is 29.1 Å². The summed E-state index contributed by atoms with van der Waals surface area (Å²) in [5, 5.41) is 21.9. The van der Waals surface area contributed by atoms with Gasteiger partial charge in [0.25, 0.3) is 0 Å². The molecule has 4 aromatic heterocycles. The fraction of sp³-hybridized carbons (Fsp3) is 0.280. The van der Waals surface area contributed by atoms with Crippen molar-refractivity contribution in [3.63, 3.8) is 0 Å². The summed E-state index contributed by atoms with van der Waals surface area (Å²) >= 11 is 8.03. The van der Waals surface area contributed by atoms with Gasteiger partial charge in [0.05, 0.1) is 47.0 Å². The molecule has 0 aliphatic heterocycles. The third-order valence-electron chi connectivity index (χ3n) is 11.1. The number of benzene rings is 4. The lowest BCUT2D eigenvalue weighted by atomic mass is 9.84. The number of aryl methyl sites for hydroxylation is 3. The van der Waals surface area contributed by atoms with Gasteiger partial charge in [-0.05, 0) is 98.6 Å². The van der Waals surface area contributed by atoms with Crippen LogP contribution >= 0.6 is 22.9 Å². The molecule has 8 aromatic rings. The van der Waals surface area contributed by atoms with Gasteiger partial charge in [-0.25, -0.2) is 9.97 Å². The van der Waals surface area contributed by atoms with Gasteiger partial charge in [-0.2, -0.15) is 13.2 Å². The second-order valence-corrected chi connectivity index (χ2v) is 17.4. The molecule has 3 N–H and O–H groups in total. The van der Waals surface area contributed by atoms with Crippen molar-refractivity contribution in [3.8, 4) is 33.5 Å². The molecule has 4 heterocycles. The molecule has 8 rings (SSSR count). The normalized spacial score (nSPS) is 11.8. The fourth-order valence-corrected chi connectivity index (χ4v) is 8.79. The van der Waals surface area contributed by atoms with E-state index in [2.05, 4.69) is 16.9 Å². The van der Waals surface area contributed by atoms with E-state index >= 15 is 0 Å². The zero-order valence-corrected chi connectivity index (χ0v) is 38.2. The number of carboxylic acids is 2. The molecule has 0 aliphatic rings. The molecular weight excluding hydrogens is 893 g/mol. The summed E-state index contributed by atoms with van der Waals surface area (Å²) < 4.78 is 58.1. The molecule has 16 heteroatoms. The number of aliphatic carboxylic acids is 2. The highest BCUT2D eigenvalue weighted by Gasteiger charge is 2.32. The number of fused-ring (bicyclic) bond motifs is 2. The van der Waals surface area contributed by atoms with E-state index in [0.29, 0.717) is 66.0 Å². The second-order valence-electron chi connectivity index (χ2n) is 16.0. The SMILES string of the molecule is CCc1oc(-c2ccc(C(F)(F)F)cc2)nc1CCOc1ccc2[nH]cc(C(C)(C)C(=O)O)c2c1.CCc1sc(-c2ccccc2Cl)nc1CCOc1ccc2c(ccn2CCC(=O)O)c1. The Balaban J connectivity index is 0.000000198. The molecule has 0 fully saturated rings. The van der Waals surface area contributed by atoms with Crippen LogP contribution in [0.5, 0.6) is 11.5 Å². The Hall–Kier alpha value is -6.58. The van der Waals surface area contributed by atoms with E-state index in [4.69, 9.17) is 35.6 Å². The molecule has 11 nitrogen and oxygen atoms in total. The summed E-state index contributed by atoms with van der Waals surface area (Å²) in [6, 6.07) is 25.8. The van der Waals surface area contributed by atoms with Crippen LogP contribution in [0.25, 0.3) is 43.8 Å². The van der Waals surface area contributed by atoms with Gasteiger partial charge in [0, 0.05) is 76.0 Å². The Labute approximate surface area is 387 Å². The summed E-state index contributed by atoms with van der Waals surface area (Å²) in [5.41, 5.74) is 3.85. The molecule has 0 saturated heterocycles. The maximum atomic E-state index is 12.8. The Kier molecular flexibility index (Phi) is 14.6. The average Bonchev–Trinajstić information content (AvgIpc) is 4.11. The molecule has 0 aliphatic carbocycles. The van der Waals surface area contributed by atoms with E-state index in [1.807, 2.05) is 78.4 Å². The number of carboxylic acid groups (broad SMARTS) is 2. The van der Waals surface area contributed by atoms with Gasteiger partial charge in [-0.1, -0.05) is 43.6 Å². The molecule has 0 spiro atoms. The summed E-state index contributed by atoms with van der Waals surface area (Å²) in [7, 11) is 0. The maximum Gasteiger partial charge on any atom is 0.416 e. The van der Waals surface area contributed by atoms with Gasteiger partial charge in [0.15, 0.2) is 0 Å². The van der Waals surface area contributed by atoms with Crippen molar-refractivity contribution in [2.24, 2.45) is 0 Å². The molecule has 66 heavy (non-hydrogen) atoms. The number of nitrogens with zero attached hydrogens (tertiary/aromatic N) is 3. The fourth-order valence-electron chi connectivity index (χ4n) is 7.42. The van der Waals surface area contributed by atoms with Crippen molar-refractivity contribution in [2.45, 2.75) is 77.9 Å². The highest BCUT2D eigenvalue weighted by Crippen LogP contribution is 2.36.